The number of carbonyl (C=O) groups excluding carboxylic acids is 1. The van der Waals surface area contributed by atoms with E-state index >= 15 is 0 Å². The number of halogens is 1. The van der Waals surface area contributed by atoms with Crippen molar-refractivity contribution in [1.82, 2.24) is 29.8 Å². The fraction of sp³-hybridized carbons (Fsp3) is 0.286. The zero-order valence-corrected chi connectivity index (χ0v) is 17.7. The molecule has 0 saturated carbocycles. The number of benzene rings is 1. The van der Waals surface area contributed by atoms with Crippen LogP contribution in [0.5, 0.6) is 0 Å². The molecule has 1 aliphatic rings. The van der Waals surface area contributed by atoms with Gasteiger partial charge in [-0.3, -0.25) is 4.79 Å². The van der Waals surface area contributed by atoms with Gasteiger partial charge in [0.1, 0.15) is 12.2 Å². The minimum Gasteiger partial charge on any atom is -0.368 e. The first-order valence-electron chi connectivity index (χ1n) is 9.97. The van der Waals surface area contributed by atoms with E-state index in [2.05, 4.69) is 31.2 Å². The highest BCUT2D eigenvalue weighted by molar-refractivity contribution is 6.31. The molecule has 0 radical (unpaired) electrons. The molecule has 0 spiro atoms. The monoisotopic (exact) mass is 437 g/mol. The van der Waals surface area contributed by atoms with Crippen LogP contribution in [-0.2, 0) is 11.3 Å². The number of aryl methyl sites for hydroxylation is 1. The van der Waals surface area contributed by atoms with Crippen LogP contribution in [0.1, 0.15) is 5.56 Å². The van der Waals surface area contributed by atoms with Crippen molar-refractivity contribution < 1.29 is 9.32 Å². The van der Waals surface area contributed by atoms with Crippen molar-refractivity contribution in [3.05, 3.63) is 53.5 Å². The van der Waals surface area contributed by atoms with E-state index in [4.69, 9.17) is 16.1 Å². The summed E-state index contributed by atoms with van der Waals surface area (Å²) in [7, 11) is 0. The van der Waals surface area contributed by atoms with Gasteiger partial charge < -0.3 is 14.3 Å². The third-order valence-electron chi connectivity index (χ3n) is 5.50. The van der Waals surface area contributed by atoms with Crippen LogP contribution in [0, 0.1) is 6.92 Å². The molecule has 1 amide bonds. The number of amides is 1. The molecule has 0 aliphatic carbocycles. The highest BCUT2D eigenvalue weighted by atomic mass is 35.5. The Bertz CT molecular complexity index is 1230. The highest BCUT2D eigenvalue weighted by Gasteiger charge is 2.24. The molecular formula is C21H20ClN7O2. The standard InChI is InChI=1S/C21H20ClN7O2/c1-14-11-15(4-5-17(14)22)27-7-9-28(10-8-27)18(30)12-29-21-16(3-2-6-23-21)19(25-29)20-24-13-31-26-20/h2-6,11,13H,7-10,12H2,1H3. The molecule has 1 aliphatic heterocycles. The largest absolute Gasteiger partial charge is 0.368 e. The number of carbonyl (C=O) groups is 1. The average molecular weight is 438 g/mol. The van der Waals surface area contributed by atoms with Crippen LogP contribution in [0.2, 0.25) is 5.02 Å². The van der Waals surface area contributed by atoms with Crippen LogP contribution in [0.4, 0.5) is 5.69 Å². The Morgan fingerprint density at radius 3 is 2.74 bits per heavy atom. The van der Waals surface area contributed by atoms with Crippen LogP contribution in [0.15, 0.2) is 47.4 Å². The second-order valence-corrected chi connectivity index (χ2v) is 7.84. The Labute approximate surface area is 183 Å². The van der Waals surface area contributed by atoms with Crippen LogP contribution in [-0.4, -0.2) is 61.9 Å². The van der Waals surface area contributed by atoms with E-state index in [1.165, 1.54) is 6.39 Å². The van der Waals surface area contributed by atoms with Gasteiger partial charge in [-0.2, -0.15) is 10.1 Å². The number of rotatable bonds is 4. The first-order valence-corrected chi connectivity index (χ1v) is 10.3. The number of fused-ring (bicyclic) bond motifs is 1. The van der Waals surface area contributed by atoms with E-state index in [1.807, 2.05) is 36.1 Å². The number of hydrogen-bond acceptors (Lipinski definition) is 7. The lowest BCUT2D eigenvalue weighted by molar-refractivity contribution is -0.132. The van der Waals surface area contributed by atoms with Gasteiger partial charge in [0.15, 0.2) is 5.65 Å². The molecule has 9 nitrogen and oxygen atoms in total. The number of anilines is 1. The zero-order valence-electron chi connectivity index (χ0n) is 16.9. The van der Waals surface area contributed by atoms with Crippen molar-refractivity contribution in [2.24, 2.45) is 0 Å². The predicted octanol–water partition coefficient (Wildman–Crippen LogP) is 2.79. The summed E-state index contributed by atoms with van der Waals surface area (Å²) in [5.74, 6) is 0.373. The highest BCUT2D eigenvalue weighted by Crippen LogP contribution is 2.25. The summed E-state index contributed by atoms with van der Waals surface area (Å²) in [5, 5.41) is 9.95. The molecule has 0 atom stereocenters. The van der Waals surface area contributed by atoms with E-state index in [0.717, 1.165) is 34.7 Å². The van der Waals surface area contributed by atoms with Gasteiger partial charge in [0.2, 0.25) is 18.1 Å². The number of pyridine rings is 1. The van der Waals surface area contributed by atoms with E-state index in [0.29, 0.717) is 30.3 Å². The molecule has 4 heterocycles. The van der Waals surface area contributed by atoms with Gasteiger partial charge in [0, 0.05) is 43.1 Å². The van der Waals surface area contributed by atoms with E-state index in [-0.39, 0.29) is 12.5 Å². The van der Waals surface area contributed by atoms with Gasteiger partial charge in [-0.1, -0.05) is 16.8 Å². The summed E-state index contributed by atoms with van der Waals surface area (Å²) in [6.07, 6.45) is 2.93. The Morgan fingerprint density at radius 2 is 2.00 bits per heavy atom. The maximum Gasteiger partial charge on any atom is 0.244 e. The lowest BCUT2D eigenvalue weighted by Gasteiger charge is -2.36. The number of piperazine rings is 1. The summed E-state index contributed by atoms with van der Waals surface area (Å²) in [4.78, 5) is 25.6. The molecule has 1 aromatic carbocycles. The number of hydrogen-bond donors (Lipinski definition) is 0. The summed E-state index contributed by atoms with van der Waals surface area (Å²) in [6, 6.07) is 9.72. The molecule has 0 unspecified atom stereocenters. The van der Waals surface area contributed by atoms with Crippen LogP contribution in [0.3, 0.4) is 0 Å². The summed E-state index contributed by atoms with van der Waals surface area (Å²) >= 11 is 6.14. The Kier molecular flexibility index (Phi) is 5.03. The molecule has 0 N–H and O–H groups in total. The van der Waals surface area contributed by atoms with Crippen molar-refractivity contribution >= 4 is 34.2 Å². The topological polar surface area (TPSA) is 93.2 Å². The van der Waals surface area contributed by atoms with E-state index in [1.54, 1.807) is 10.9 Å². The van der Waals surface area contributed by atoms with Gasteiger partial charge in [-0.05, 0) is 42.8 Å². The summed E-state index contributed by atoms with van der Waals surface area (Å²) < 4.78 is 6.46. The first kappa shape index (κ1) is 19.5. The van der Waals surface area contributed by atoms with Crippen LogP contribution in [0.25, 0.3) is 22.6 Å². The normalized spacial score (nSPS) is 14.4. The second-order valence-electron chi connectivity index (χ2n) is 7.44. The predicted molar refractivity (Wildman–Crippen MR) is 116 cm³/mol. The average Bonchev–Trinajstić information content (AvgIpc) is 3.44. The summed E-state index contributed by atoms with van der Waals surface area (Å²) in [6.45, 7) is 4.91. The minimum atomic E-state index is 0.00153. The quantitative estimate of drug-likeness (QED) is 0.484. The second kappa shape index (κ2) is 7.99. The Balaban J connectivity index is 1.30. The van der Waals surface area contributed by atoms with Gasteiger partial charge >= 0.3 is 0 Å². The van der Waals surface area contributed by atoms with E-state index in [9.17, 15) is 4.79 Å². The molecule has 0 bridgehead atoms. The van der Waals surface area contributed by atoms with Crippen LogP contribution < -0.4 is 4.90 Å². The fourth-order valence-corrected chi connectivity index (χ4v) is 3.95. The van der Waals surface area contributed by atoms with Crippen LogP contribution >= 0.6 is 11.6 Å². The van der Waals surface area contributed by atoms with Crippen molar-refractivity contribution in [1.29, 1.82) is 0 Å². The van der Waals surface area contributed by atoms with Gasteiger partial charge in [-0.25, -0.2) is 9.67 Å². The van der Waals surface area contributed by atoms with Gasteiger partial charge in [0.25, 0.3) is 0 Å². The van der Waals surface area contributed by atoms with Crippen molar-refractivity contribution in [3.63, 3.8) is 0 Å². The smallest absolute Gasteiger partial charge is 0.244 e. The molecule has 10 heteroatoms. The molecule has 3 aromatic heterocycles. The maximum absolute atomic E-state index is 13.0. The molecule has 5 rings (SSSR count). The number of aromatic nitrogens is 5. The first-order chi connectivity index (χ1) is 15.1. The van der Waals surface area contributed by atoms with Crippen molar-refractivity contribution in [2.45, 2.75) is 13.5 Å². The molecular weight excluding hydrogens is 418 g/mol. The summed E-state index contributed by atoms with van der Waals surface area (Å²) in [5.41, 5.74) is 3.34. The molecule has 1 saturated heterocycles. The van der Waals surface area contributed by atoms with Crippen molar-refractivity contribution in [2.75, 3.05) is 31.1 Å². The lowest BCUT2D eigenvalue weighted by Crippen LogP contribution is -2.49. The lowest BCUT2D eigenvalue weighted by atomic mass is 10.2. The molecule has 1 fully saturated rings. The zero-order chi connectivity index (χ0) is 21.4. The molecule has 4 aromatic rings. The Morgan fingerprint density at radius 1 is 1.16 bits per heavy atom. The third-order valence-corrected chi connectivity index (χ3v) is 5.93. The molecule has 158 valence electrons. The number of nitrogens with zero attached hydrogens (tertiary/aromatic N) is 7. The maximum atomic E-state index is 13.0. The Hall–Kier alpha value is -3.46. The van der Waals surface area contributed by atoms with Crippen molar-refractivity contribution in [3.8, 4) is 11.5 Å². The van der Waals surface area contributed by atoms with Gasteiger partial charge in [-0.15, -0.1) is 0 Å². The fourth-order valence-electron chi connectivity index (χ4n) is 3.83. The molecule has 31 heavy (non-hydrogen) atoms. The SMILES string of the molecule is Cc1cc(N2CCN(C(=O)Cn3nc(-c4ncon4)c4cccnc43)CC2)ccc1Cl. The minimum absolute atomic E-state index is 0.00153. The van der Waals surface area contributed by atoms with E-state index < -0.39 is 0 Å². The van der Waals surface area contributed by atoms with Gasteiger partial charge in [0.05, 0.1) is 5.39 Å². The third kappa shape index (κ3) is 3.72.